The fraction of sp³-hybridized carbons (Fsp3) is 0.455. The molecule has 2 nitrogen and oxygen atoms in total. The molecule has 0 aliphatic carbocycles. The van der Waals surface area contributed by atoms with Crippen LogP contribution in [0.25, 0.3) is 0 Å². The minimum Gasteiger partial charge on any atom is -0.494 e. The van der Waals surface area contributed by atoms with Gasteiger partial charge in [0.15, 0.2) is 0 Å². The number of hydrogen-bond donors (Lipinski definition) is 1. The van der Waals surface area contributed by atoms with Crippen LogP contribution in [0.2, 0.25) is 0 Å². The second kappa shape index (κ2) is 11.7. The van der Waals surface area contributed by atoms with Gasteiger partial charge in [-0.15, -0.1) is 0 Å². The van der Waals surface area contributed by atoms with Gasteiger partial charge in [0, 0.05) is 6.54 Å². The van der Waals surface area contributed by atoms with Crippen LogP contribution < -0.4 is 10.1 Å². The van der Waals surface area contributed by atoms with Crippen LogP contribution in [0.15, 0.2) is 54.6 Å². The Labute approximate surface area is 147 Å². The van der Waals surface area contributed by atoms with Crippen LogP contribution in [-0.2, 0) is 13.0 Å². The Kier molecular flexibility index (Phi) is 9.03. The van der Waals surface area contributed by atoms with Crippen molar-refractivity contribution >= 4 is 0 Å². The van der Waals surface area contributed by atoms with Crippen LogP contribution in [0, 0.1) is 0 Å². The molecule has 0 aliphatic rings. The summed E-state index contributed by atoms with van der Waals surface area (Å²) in [5.74, 6) is 0.985. The first-order valence-corrected chi connectivity index (χ1v) is 9.35. The first-order chi connectivity index (χ1) is 11.9. The first kappa shape index (κ1) is 18.5. The van der Waals surface area contributed by atoms with Gasteiger partial charge in [-0.05, 0) is 49.1 Å². The minimum atomic E-state index is 0.830. The molecule has 2 aromatic rings. The third kappa shape index (κ3) is 7.65. The number of unbranched alkanes of at least 4 members (excludes halogenated alkanes) is 3. The zero-order valence-corrected chi connectivity index (χ0v) is 15.0. The third-order valence-corrected chi connectivity index (χ3v) is 4.18. The summed E-state index contributed by atoms with van der Waals surface area (Å²) < 4.78 is 5.78. The van der Waals surface area contributed by atoms with Crippen molar-refractivity contribution in [3.8, 4) is 5.75 Å². The Balaban J connectivity index is 1.56. The zero-order valence-electron chi connectivity index (χ0n) is 15.0. The lowest BCUT2D eigenvalue weighted by Gasteiger charge is -2.08. The van der Waals surface area contributed by atoms with Crippen molar-refractivity contribution in [1.82, 2.24) is 5.32 Å². The molecule has 130 valence electrons. The molecule has 0 saturated carbocycles. The summed E-state index contributed by atoms with van der Waals surface area (Å²) in [4.78, 5) is 0. The first-order valence-electron chi connectivity index (χ1n) is 9.35. The van der Waals surface area contributed by atoms with E-state index in [1.165, 1.54) is 36.8 Å². The molecule has 0 atom stereocenters. The van der Waals surface area contributed by atoms with E-state index < -0.39 is 0 Å². The highest BCUT2D eigenvalue weighted by atomic mass is 16.5. The second-order valence-corrected chi connectivity index (χ2v) is 6.32. The van der Waals surface area contributed by atoms with Gasteiger partial charge in [0.2, 0.25) is 0 Å². The molecule has 2 rings (SSSR count). The zero-order chi connectivity index (χ0) is 16.9. The predicted molar refractivity (Wildman–Crippen MR) is 103 cm³/mol. The summed E-state index contributed by atoms with van der Waals surface area (Å²) in [5.41, 5.74) is 2.73. The lowest BCUT2D eigenvalue weighted by Crippen LogP contribution is -2.15. The van der Waals surface area contributed by atoms with Gasteiger partial charge in [0.25, 0.3) is 0 Å². The highest BCUT2D eigenvalue weighted by molar-refractivity contribution is 5.27. The topological polar surface area (TPSA) is 21.3 Å². The molecular formula is C22H31NO. The van der Waals surface area contributed by atoms with Crippen LogP contribution in [0.5, 0.6) is 5.75 Å². The summed E-state index contributed by atoms with van der Waals surface area (Å²) in [6.07, 6.45) is 7.30. The Morgan fingerprint density at radius 2 is 1.58 bits per heavy atom. The molecule has 24 heavy (non-hydrogen) atoms. The Hall–Kier alpha value is -1.80. The minimum absolute atomic E-state index is 0.830. The summed E-state index contributed by atoms with van der Waals surface area (Å²) in [5, 5.41) is 3.52. The van der Waals surface area contributed by atoms with E-state index in [4.69, 9.17) is 4.74 Å². The van der Waals surface area contributed by atoms with Crippen molar-refractivity contribution in [2.45, 2.75) is 52.0 Å². The molecule has 0 fully saturated rings. The van der Waals surface area contributed by atoms with Crippen molar-refractivity contribution in [1.29, 1.82) is 0 Å². The van der Waals surface area contributed by atoms with Gasteiger partial charge < -0.3 is 10.1 Å². The van der Waals surface area contributed by atoms with Crippen molar-refractivity contribution < 1.29 is 4.74 Å². The van der Waals surface area contributed by atoms with Crippen LogP contribution in [0.1, 0.15) is 50.2 Å². The molecule has 0 spiro atoms. The van der Waals surface area contributed by atoms with E-state index in [2.05, 4.69) is 66.8 Å². The average Bonchev–Trinajstić information content (AvgIpc) is 2.63. The highest BCUT2D eigenvalue weighted by Crippen LogP contribution is 2.13. The lowest BCUT2D eigenvalue weighted by molar-refractivity contribution is 0.305. The molecule has 0 heterocycles. The van der Waals surface area contributed by atoms with Crippen molar-refractivity contribution in [3.05, 3.63) is 65.7 Å². The Morgan fingerprint density at radius 1 is 0.792 bits per heavy atom. The summed E-state index contributed by atoms with van der Waals surface area (Å²) in [6, 6.07) is 19.2. The van der Waals surface area contributed by atoms with Crippen LogP contribution in [-0.4, -0.2) is 13.2 Å². The van der Waals surface area contributed by atoms with E-state index >= 15 is 0 Å². The fourth-order valence-electron chi connectivity index (χ4n) is 2.72. The lowest BCUT2D eigenvalue weighted by atomic mass is 10.1. The molecule has 2 aromatic carbocycles. The van der Waals surface area contributed by atoms with E-state index in [1.807, 2.05) is 0 Å². The standard InChI is InChI=1S/C22H31NO/c1-2-3-4-8-18-24-22-15-13-21(14-16-22)19-23-17-9-12-20-10-6-5-7-11-20/h5-7,10-11,13-16,23H,2-4,8-9,12,17-19H2,1H3. The van der Waals surface area contributed by atoms with E-state index in [0.717, 1.165) is 38.3 Å². The molecule has 0 aromatic heterocycles. The van der Waals surface area contributed by atoms with E-state index in [1.54, 1.807) is 0 Å². The molecule has 0 amide bonds. The average molecular weight is 325 g/mol. The van der Waals surface area contributed by atoms with E-state index in [9.17, 15) is 0 Å². The predicted octanol–water partition coefficient (Wildman–Crippen LogP) is 5.37. The largest absolute Gasteiger partial charge is 0.494 e. The number of ether oxygens (including phenoxy) is 1. The summed E-state index contributed by atoms with van der Waals surface area (Å²) in [7, 11) is 0. The molecule has 0 radical (unpaired) electrons. The van der Waals surface area contributed by atoms with Gasteiger partial charge in [-0.3, -0.25) is 0 Å². The molecular weight excluding hydrogens is 294 g/mol. The van der Waals surface area contributed by atoms with E-state index in [0.29, 0.717) is 0 Å². The van der Waals surface area contributed by atoms with Crippen molar-refractivity contribution in [2.24, 2.45) is 0 Å². The normalized spacial score (nSPS) is 10.7. The maximum absolute atomic E-state index is 5.78. The van der Waals surface area contributed by atoms with Gasteiger partial charge in [-0.1, -0.05) is 68.7 Å². The smallest absolute Gasteiger partial charge is 0.119 e. The summed E-state index contributed by atoms with van der Waals surface area (Å²) >= 11 is 0. The highest BCUT2D eigenvalue weighted by Gasteiger charge is 1.97. The molecule has 2 heteroatoms. The Bertz CT molecular complexity index is 536. The molecule has 1 N–H and O–H groups in total. The quantitative estimate of drug-likeness (QED) is 0.530. The van der Waals surface area contributed by atoms with Crippen molar-refractivity contribution in [2.75, 3.05) is 13.2 Å². The number of hydrogen-bond acceptors (Lipinski definition) is 2. The van der Waals surface area contributed by atoms with Crippen molar-refractivity contribution in [3.63, 3.8) is 0 Å². The number of aryl methyl sites for hydroxylation is 1. The number of benzene rings is 2. The van der Waals surface area contributed by atoms with Crippen LogP contribution in [0.3, 0.4) is 0 Å². The Morgan fingerprint density at radius 3 is 2.33 bits per heavy atom. The molecule has 0 saturated heterocycles. The maximum atomic E-state index is 5.78. The van der Waals surface area contributed by atoms with Gasteiger partial charge in [-0.2, -0.15) is 0 Å². The fourth-order valence-corrected chi connectivity index (χ4v) is 2.72. The van der Waals surface area contributed by atoms with Gasteiger partial charge in [0.05, 0.1) is 6.61 Å². The number of nitrogens with one attached hydrogen (secondary N) is 1. The molecule has 0 aliphatic heterocycles. The summed E-state index contributed by atoms with van der Waals surface area (Å²) in [6.45, 7) is 5.03. The molecule has 0 unspecified atom stereocenters. The van der Waals surface area contributed by atoms with E-state index in [-0.39, 0.29) is 0 Å². The number of rotatable bonds is 12. The van der Waals surface area contributed by atoms with Gasteiger partial charge >= 0.3 is 0 Å². The van der Waals surface area contributed by atoms with Crippen LogP contribution in [0.4, 0.5) is 0 Å². The maximum Gasteiger partial charge on any atom is 0.119 e. The SMILES string of the molecule is CCCCCCOc1ccc(CNCCCc2ccccc2)cc1. The van der Waals surface area contributed by atoms with Gasteiger partial charge in [-0.25, -0.2) is 0 Å². The monoisotopic (exact) mass is 325 g/mol. The van der Waals surface area contributed by atoms with Crippen LogP contribution >= 0.6 is 0 Å². The third-order valence-electron chi connectivity index (χ3n) is 4.18. The second-order valence-electron chi connectivity index (χ2n) is 6.32. The van der Waals surface area contributed by atoms with Gasteiger partial charge in [0.1, 0.15) is 5.75 Å². The molecule has 0 bridgehead atoms.